The summed E-state index contributed by atoms with van der Waals surface area (Å²) in [4.78, 5) is 0. The van der Waals surface area contributed by atoms with Gasteiger partial charge in [-0.25, -0.2) is 0 Å². The molecule has 0 aliphatic heterocycles. The fraction of sp³-hybridized carbons (Fsp3) is 0.222. The van der Waals surface area contributed by atoms with E-state index < -0.39 is 5.90 Å². The third kappa shape index (κ3) is 2.13. The van der Waals surface area contributed by atoms with E-state index in [1.165, 1.54) is 0 Å². The molecular weight excluding hydrogens is 145 g/mol. The topological polar surface area (TPSA) is 46.9 Å². The Balaban J connectivity index is 0.00000121. The molecule has 0 aliphatic rings. The Morgan fingerprint density at radius 3 is 1.92 bits per heavy atom. The SMILES string of the molecule is Cc1cccc(C)c1C(=N)[O-].[Li+]. The minimum atomic E-state index is -0.597. The molecule has 1 aromatic carbocycles. The summed E-state index contributed by atoms with van der Waals surface area (Å²) in [5.74, 6) is -0.597. The quantitative estimate of drug-likeness (QED) is 0.284. The monoisotopic (exact) mass is 155 g/mol. The van der Waals surface area contributed by atoms with E-state index in [0.717, 1.165) is 11.1 Å². The van der Waals surface area contributed by atoms with Crippen LogP contribution >= 0.6 is 0 Å². The molecule has 0 fully saturated rings. The maximum Gasteiger partial charge on any atom is 1.00 e. The normalized spacial score (nSPS) is 8.83. The number of nitrogens with one attached hydrogen (secondary N) is 1. The molecule has 0 spiro atoms. The second-order valence-corrected chi connectivity index (χ2v) is 2.60. The smallest absolute Gasteiger partial charge is 0.859 e. The summed E-state index contributed by atoms with van der Waals surface area (Å²) in [5, 5.41) is 17.7. The van der Waals surface area contributed by atoms with Gasteiger partial charge in [-0.15, -0.1) is 0 Å². The van der Waals surface area contributed by atoms with Crippen LogP contribution in [-0.4, -0.2) is 5.90 Å². The van der Waals surface area contributed by atoms with Gasteiger partial charge in [0.05, 0.1) is 0 Å². The maximum atomic E-state index is 10.8. The molecule has 0 unspecified atom stereocenters. The van der Waals surface area contributed by atoms with E-state index in [9.17, 15) is 5.11 Å². The Labute approximate surface area is 84.3 Å². The third-order valence-electron chi connectivity index (χ3n) is 1.71. The summed E-state index contributed by atoms with van der Waals surface area (Å²) in [5.41, 5.74) is 2.29. The zero-order valence-corrected chi connectivity index (χ0v) is 7.64. The summed E-state index contributed by atoms with van der Waals surface area (Å²) in [6.07, 6.45) is 0. The molecule has 1 rings (SSSR count). The van der Waals surface area contributed by atoms with Gasteiger partial charge in [0.1, 0.15) is 0 Å². The van der Waals surface area contributed by atoms with Crippen molar-refractivity contribution in [3.63, 3.8) is 0 Å². The van der Waals surface area contributed by atoms with Crippen LogP contribution < -0.4 is 24.0 Å². The van der Waals surface area contributed by atoms with E-state index in [0.29, 0.717) is 5.56 Å². The minimum Gasteiger partial charge on any atom is -0.859 e. The summed E-state index contributed by atoms with van der Waals surface area (Å²) in [6.45, 7) is 3.68. The molecule has 0 saturated carbocycles. The second-order valence-electron chi connectivity index (χ2n) is 2.60. The Kier molecular flexibility index (Phi) is 4.09. The third-order valence-corrected chi connectivity index (χ3v) is 1.71. The number of hydrogen-bond donors (Lipinski definition) is 1. The van der Waals surface area contributed by atoms with Gasteiger partial charge >= 0.3 is 18.9 Å². The summed E-state index contributed by atoms with van der Waals surface area (Å²) in [6, 6.07) is 5.57. The molecule has 58 valence electrons. The van der Waals surface area contributed by atoms with E-state index in [1.807, 2.05) is 32.0 Å². The van der Waals surface area contributed by atoms with Gasteiger partial charge in [-0.05, 0) is 36.4 Å². The number of hydrogen-bond acceptors (Lipinski definition) is 2. The van der Waals surface area contributed by atoms with Crippen LogP contribution in [0, 0.1) is 19.3 Å². The zero-order valence-electron chi connectivity index (χ0n) is 7.64. The molecule has 0 aliphatic carbocycles. The number of benzene rings is 1. The van der Waals surface area contributed by atoms with E-state index >= 15 is 0 Å². The largest absolute Gasteiger partial charge is 1.00 e. The van der Waals surface area contributed by atoms with Crippen LogP contribution in [0.2, 0.25) is 0 Å². The van der Waals surface area contributed by atoms with Crippen LogP contribution in [0.1, 0.15) is 16.7 Å². The van der Waals surface area contributed by atoms with Crippen molar-refractivity contribution >= 4 is 5.90 Å². The van der Waals surface area contributed by atoms with Gasteiger partial charge in [-0.1, -0.05) is 18.2 Å². The van der Waals surface area contributed by atoms with Crippen molar-refractivity contribution in [3.8, 4) is 0 Å². The first-order valence-corrected chi connectivity index (χ1v) is 3.45. The Morgan fingerprint density at radius 1 is 1.25 bits per heavy atom. The van der Waals surface area contributed by atoms with E-state index in [4.69, 9.17) is 5.41 Å². The first kappa shape index (κ1) is 11.3. The van der Waals surface area contributed by atoms with Gasteiger partial charge in [0.15, 0.2) is 0 Å². The van der Waals surface area contributed by atoms with Crippen molar-refractivity contribution in [1.29, 1.82) is 5.41 Å². The van der Waals surface area contributed by atoms with Crippen LogP contribution in [0.15, 0.2) is 18.2 Å². The molecule has 12 heavy (non-hydrogen) atoms. The first-order chi connectivity index (χ1) is 5.13. The molecule has 1 aromatic rings. The van der Waals surface area contributed by atoms with Crippen LogP contribution in [0.5, 0.6) is 0 Å². The first-order valence-electron chi connectivity index (χ1n) is 3.45. The van der Waals surface area contributed by atoms with Crippen molar-refractivity contribution in [1.82, 2.24) is 0 Å². The minimum absolute atomic E-state index is 0. The standard InChI is InChI=1S/C9H11NO.Li/c1-6-4-3-5-7(2)8(6)9(10)11;/h3-5H,1-2H3,(H2,10,11);/q;+1/p-1. The van der Waals surface area contributed by atoms with Crippen molar-refractivity contribution < 1.29 is 24.0 Å². The average molecular weight is 155 g/mol. The number of aryl methyl sites for hydroxylation is 2. The van der Waals surface area contributed by atoms with Gasteiger partial charge < -0.3 is 10.5 Å². The molecule has 3 heteroatoms. The molecule has 0 atom stereocenters. The van der Waals surface area contributed by atoms with Gasteiger partial charge in [0, 0.05) is 0 Å². The van der Waals surface area contributed by atoms with Gasteiger partial charge in [-0.3, -0.25) is 0 Å². The fourth-order valence-electron chi connectivity index (χ4n) is 1.17. The Morgan fingerprint density at radius 2 is 1.67 bits per heavy atom. The summed E-state index contributed by atoms with van der Waals surface area (Å²) >= 11 is 0. The molecule has 0 saturated heterocycles. The molecule has 0 amide bonds. The number of rotatable bonds is 1. The molecule has 0 aromatic heterocycles. The van der Waals surface area contributed by atoms with Crippen molar-refractivity contribution in [2.45, 2.75) is 13.8 Å². The zero-order chi connectivity index (χ0) is 8.43. The van der Waals surface area contributed by atoms with Gasteiger partial charge in [0.2, 0.25) is 0 Å². The van der Waals surface area contributed by atoms with Crippen molar-refractivity contribution in [2.75, 3.05) is 0 Å². The van der Waals surface area contributed by atoms with E-state index in [1.54, 1.807) is 0 Å². The van der Waals surface area contributed by atoms with Crippen LogP contribution in [0.3, 0.4) is 0 Å². The molecule has 0 radical (unpaired) electrons. The molecule has 0 bridgehead atoms. The maximum absolute atomic E-state index is 10.8. The van der Waals surface area contributed by atoms with Crippen molar-refractivity contribution in [3.05, 3.63) is 34.9 Å². The molecule has 2 nitrogen and oxygen atoms in total. The summed E-state index contributed by atoms with van der Waals surface area (Å²) < 4.78 is 0. The Hall–Kier alpha value is -0.713. The molecule has 0 heterocycles. The fourth-order valence-corrected chi connectivity index (χ4v) is 1.17. The summed E-state index contributed by atoms with van der Waals surface area (Å²) in [7, 11) is 0. The average Bonchev–Trinajstić information content (AvgIpc) is 1.85. The van der Waals surface area contributed by atoms with E-state index in [-0.39, 0.29) is 18.9 Å². The Bertz CT molecular complexity index is 276. The van der Waals surface area contributed by atoms with Gasteiger partial charge in [0.25, 0.3) is 0 Å². The van der Waals surface area contributed by atoms with Crippen LogP contribution in [-0.2, 0) is 0 Å². The predicted molar refractivity (Wildman–Crippen MR) is 42.7 cm³/mol. The predicted octanol–water partition coefficient (Wildman–Crippen LogP) is -2.01. The van der Waals surface area contributed by atoms with Gasteiger partial charge in [-0.2, -0.15) is 0 Å². The molecule has 1 N–H and O–H groups in total. The molecular formula is C9H10LiNO. The second kappa shape index (κ2) is 4.35. The van der Waals surface area contributed by atoms with Crippen LogP contribution in [0.4, 0.5) is 0 Å². The van der Waals surface area contributed by atoms with E-state index in [2.05, 4.69) is 0 Å². The van der Waals surface area contributed by atoms with Crippen molar-refractivity contribution in [2.24, 2.45) is 0 Å². The van der Waals surface area contributed by atoms with Crippen LogP contribution in [0.25, 0.3) is 0 Å².